The van der Waals surface area contributed by atoms with Gasteiger partial charge >= 0.3 is 0 Å². The molecule has 0 aliphatic carbocycles. The predicted molar refractivity (Wildman–Crippen MR) is 79.5 cm³/mol. The maximum absolute atomic E-state index is 12.2. The first kappa shape index (κ1) is 13.1. The van der Waals surface area contributed by atoms with Gasteiger partial charge in [-0.05, 0) is 61.7 Å². The van der Waals surface area contributed by atoms with E-state index in [0.29, 0.717) is 11.3 Å². The van der Waals surface area contributed by atoms with E-state index in [4.69, 9.17) is 5.73 Å². The topological polar surface area (TPSA) is 55.1 Å². The van der Waals surface area contributed by atoms with E-state index in [9.17, 15) is 4.79 Å². The number of benzene rings is 2. The van der Waals surface area contributed by atoms with E-state index >= 15 is 0 Å². The monoisotopic (exact) mass is 254 g/mol. The van der Waals surface area contributed by atoms with Gasteiger partial charge < -0.3 is 11.1 Å². The molecule has 19 heavy (non-hydrogen) atoms. The van der Waals surface area contributed by atoms with Crippen molar-refractivity contribution in [1.82, 2.24) is 0 Å². The van der Waals surface area contributed by atoms with Gasteiger partial charge in [-0.15, -0.1) is 0 Å². The van der Waals surface area contributed by atoms with Crippen LogP contribution in [0.3, 0.4) is 0 Å². The lowest BCUT2D eigenvalue weighted by Crippen LogP contribution is -2.13. The maximum Gasteiger partial charge on any atom is 0.255 e. The normalized spacial score (nSPS) is 10.3. The third-order valence-electron chi connectivity index (χ3n) is 3.38. The van der Waals surface area contributed by atoms with Crippen molar-refractivity contribution in [3.8, 4) is 0 Å². The quantitative estimate of drug-likeness (QED) is 0.806. The van der Waals surface area contributed by atoms with E-state index in [0.717, 1.165) is 22.4 Å². The summed E-state index contributed by atoms with van der Waals surface area (Å²) >= 11 is 0. The van der Waals surface area contributed by atoms with E-state index < -0.39 is 0 Å². The van der Waals surface area contributed by atoms with Gasteiger partial charge in [0, 0.05) is 16.9 Å². The summed E-state index contributed by atoms with van der Waals surface area (Å²) in [5, 5.41) is 2.93. The van der Waals surface area contributed by atoms with Gasteiger partial charge in [0.05, 0.1) is 0 Å². The molecule has 0 saturated carbocycles. The molecule has 2 aromatic rings. The van der Waals surface area contributed by atoms with Crippen molar-refractivity contribution in [2.24, 2.45) is 0 Å². The fourth-order valence-electron chi connectivity index (χ4n) is 1.90. The van der Waals surface area contributed by atoms with Crippen LogP contribution in [0.5, 0.6) is 0 Å². The van der Waals surface area contributed by atoms with Crippen LogP contribution in [0.4, 0.5) is 11.4 Å². The SMILES string of the molecule is Cc1cc(C(=O)Nc2cccc(C)c2C)ccc1N. The number of amides is 1. The largest absolute Gasteiger partial charge is 0.399 e. The van der Waals surface area contributed by atoms with Crippen LogP contribution in [-0.2, 0) is 0 Å². The zero-order valence-corrected chi connectivity index (χ0v) is 11.4. The molecule has 3 heteroatoms. The van der Waals surface area contributed by atoms with E-state index in [-0.39, 0.29) is 5.91 Å². The van der Waals surface area contributed by atoms with Crippen LogP contribution in [0.25, 0.3) is 0 Å². The third kappa shape index (κ3) is 2.76. The summed E-state index contributed by atoms with van der Waals surface area (Å²) < 4.78 is 0. The Kier molecular flexibility index (Phi) is 3.56. The molecule has 0 fully saturated rings. The highest BCUT2D eigenvalue weighted by Gasteiger charge is 2.09. The summed E-state index contributed by atoms with van der Waals surface area (Å²) in [4.78, 5) is 12.2. The number of nitrogens with two attached hydrogens (primary N) is 1. The molecule has 0 aliphatic heterocycles. The van der Waals surface area contributed by atoms with Crippen LogP contribution in [0.1, 0.15) is 27.0 Å². The highest BCUT2D eigenvalue weighted by atomic mass is 16.1. The molecule has 2 rings (SSSR count). The molecule has 0 radical (unpaired) electrons. The lowest BCUT2D eigenvalue weighted by molar-refractivity contribution is 0.102. The zero-order chi connectivity index (χ0) is 14.0. The molecule has 0 unspecified atom stereocenters. The second-order valence-corrected chi connectivity index (χ2v) is 4.77. The smallest absolute Gasteiger partial charge is 0.255 e. The van der Waals surface area contributed by atoms with Crippen LogP contribution < -0.4 is 11.1 Å². The van der Waals surface area contributed by atoms with Gasteiger partial charge in [0.2, 0.25) is 0 Å². The van der Waals surface area contributed by atoms with Gasteiger partial charge in [-0.25, -0.2) is 0 Å². The Morgan fingerprint density at radius 1 is 1.05 bits per heavy atom. The molecule has 98 valence electrons. The second kappa shape index (κ2) is 5.14. The molecule has 0 spiro atoms. The predicted octanol–water partition coefficient (Wildman–Crippen LogP) is 3.45. The van der Waals surface area contributed by atoms with E-state index in [1.807, 2.05) is 39.0 Å². The van der Waals surface area contributed by atoms with Gasteiger partial charge in [0.25, 0.3) is 5.91 Å². The summed E-state index contributed by atoms with van der Waals surface area (Å²) in [7, 11) is 0. The Labute approximate surface area is 113 Å². The van der Waals surface area contributed by atoms with Gasteiger partial charge in [0.1, 0.15) is 0 Å². The number of rotatable bonds is 2. The van der Waals surface area contributed by atoms with Gasteiger partial charge in [-0.1, -0.05) is 12.1 Å². The minimum atomic E-state index is -0.114. The standard InChI is InChI=1S/C16H18N2O/c1-10-5-4-6-15(12(10)3)18-16(19)13-7-8-14(17)11(2)9-13/h4-9H,17H2,1-3H3,(H,18,19). The Morgan fingerprint density at radius 3 is 2.47 bits per heavy atom. The van der Waals surface area contributed by atoms with E-state index in [2.05, 4.69) is 5.32 Å². The molecule has 1 amide bonds. The minimum Gasteiger partial charge on any atom is -0.399 e. The number of nitrogens with one attached hydrogen (secondary N) is 1. The molecule has 3 N–H and O–H groups in total. The molecule has 0 atom stereocenters. The van der Waals surface area contributed by atoms with Crippen molar-refractivity contribution in [1.29, 1.82) is 0 Å². The molecule has 0 heterocycles. The molecule has 2 aromatic carbocycles. The second-order valence-electron chi connectivity index (χ2n) is 4.77. The molecule has 0 bridgehead atoms. The lowest BCUT2D eigenvalue weighted by atomic mass is 10.1. The lowest BCUT2D eigenvalue weighted by Gasteiger charge is -2.11. The summed E-state index contributed by atoms with van der Waals surface area (Å²) in [5.41, 5.74) is 11.1. The highest BCUT2D eigenvalue weighted by molar-refractivity contribution is 6.05. The van der Waals surface area contributed by atoms with Crippen molar-refractivity contribution >= 4 is 17.3 Å². The first-order chi connectivity index (χ1) is 8.99. The highest BCUT2D eigenvalue weighted by Crippen LogP contribution is 2.20. The van der Waals surface area contributed by atoms with Crippen LogP contribution >= 0.6 is 0 Å². The Morgan fingerprint density at radius 2 is 1.79 bits per heavy atom. The van der Waals surface area contributed by atoms with Crippen LogP contribution in [-0.4, -0.2) is 5.91 Å². The maximum atomic E-state index is 12.2. The molecule has 0 saturated heterocycles. The molecular formula is C16H18N2O. The van der Waals surface area contributed by atoms with Gasteiger partial charge in [0.15, 0.2) is 0 Å². The van der Waals surface area contributed by atoms with Crippen molar-refractivity contribution in [3.63, 3.8) is 0 Å². The van der Waals surface area contributed by atoms with Crippen molar-refractivity contribution < 1.29 is 4.79 Å². The minimum absolute atomic E-state index is 0.114. The van der Waals surface area contributed by atoms with Gasteiger partial charge in [-0.2, -0.15) is 0 Å². The summed E-state index contributed by atoms with van der Waals surface area (Å²) in [6, 6.07) is 11.2. The first-order valence-corrected chi connectivity index (χ1v) is 6.22. The molecule has 0 aromatic heterocycles. The summed E-state index contributed by atoms with van der Waals surface area (Å²) in [5.74, 6) is -0.114. The van der Waals surface area contributed by atoms with Crippen LogP contribution in [0.15, 0.2) is 36.4 Å². The number of anilines is 2. The molecule has 0 aliphatic rings. The average Bonchev–Trinajstić information content (AvgIpc) is 2.38. The van der Waals surface area contributed by atoms with Crippen molar-refractivity contribution in [2.45, 2.75) is 20.8 Å². The number of hydrogen-bond acceptors (Lipinski definition) is 2. The van der Waals surface area contributed by atoms with E-state index in [1.54, 1.807) is 18.2 Å². The zero-order valence-electron chi connectivity index (χ0n) is 11.4. The Bertz CT molecular complexity index is 633. The van der Waals surface area contributed by atoms with Crippen molar-refractivity contribution in [3.05, 3.63) is 58.7 Å². The Hall–Kier alpha value is -2.29. The molecule has 3 nitrogen and oxygen atoms in total. The summed E-state index contributed by atoms with van der Waals surface area (Å²) in [6.07, 6.45) is 0. The number of nitrogen functional groups attached to an aromatic ring is 1. The molecular weight excluding hydrogens is 236 g/mol. The average molecular weight is 254 g/mol. The number of carbonyl (C=O) groups is 1. The fraction of sp³-hybridized carbons (Fsp3) is 0.188. The summed E-state index contributed by atoms with van der Waals surface area (Å²) in [6.45, 7) is 5.92. The van der Waals surface area contributed by atoms with E-state index in [1.165, 1.54) is 0 Å². The number of carbonyl (C=O) groups excluding carboxylic acids is 1. The first-order valence-electron chi connectivity index (χ1n) is 6.22. The van der Waals surface area contributed by atoms with Gasteiger partial charge in [-0.3, -0.25) is 4.79 Å². The fourth-order valence-corrected chi connectivity index (χ4v) is 1.90. The van der Waals surface area contributed by atoms with Crippen LogP contribution in [0, 0.1) is 20.8 Å². The number of aryl methyl sites for hydroxylation is 2. The van der Waals surface area contributed by atoms with Crippen LogP contribution in [0.2, 0.25) is 0 Å². The third-order valence-corrected chi connectivity index (χ3v) is 3.38. The van der Waals surface area contributed by atoms with Crippen molar-refractivity contribution in [2.75, 3.05) is 11.1 Å². The Balaban J connectivity index is 2.26. The number of hydrogen-bond donors (Lipinski definition) is 2.